The first-order chi connectivity index (χ1) is 11.2. The normalized spacial score (nSPS) is 12.6. The van der Waals surface area contributed by atoms with Gasteiger partial charge in [-0.2, -0.15) is 0 Å². The number of benzene rings is 1. The zero-order chi connectivity index (χ0) is 16.9. The fraction of sp³-hybridized carbons (Fsp3) is 0.684. The van der Waals surface area contributed by atoms with Gasteiger partial charge in [-0.15, -0.1) is 0 Å². The first-order valence-corrected chi connectivity index (χ1v) is 8.91. The van der Waals surface area contributed by atoms with E-state index >= 15 is 0 Å². The van der Waals surface area contributed by atoms with Crippen molar-refractivity contribution in [3.63, 3.8) is 0 Å². The van der Waals surface area contributed by atoms with Crippen molar-refractivity contribution in [1.82, 2.24) is 0 Å². The average molecular weight is 324 g/mol. The summed E-state index contributed by atoms with van der Waals surface area (Å²) in [6.45, 7) is 8.38. The smallest absolute Gasteiger partial charge is 0.126 e. The van der Waals surface area contributed by atoms with Gasteiger partial charge in [-0.25, -0.2) is 0 Å². The number of aliphatic hydroxyl groups excluding tert-OH is 1. The molecule has 0 spiro atoms. The number of nitrogens with one attached hydrogen (secondary N) is 1. The summed E-state index contributed by atoms with van der Waals surface area (Å²) in [6, 6.07) is 7.85. The van der Waals surface area contributed by atoms with Crippen LogP contribution in [-0.4, -0.2) is 44.6 Å². The van der Waals surface area contributed by atoms with Crippen molar-refractivity contribution in [2.45, 2.75) is 52.2 Å². The molecular formula is C19H34NO3+. The molecule has 1 rings (SSSR count). The average Bonchev–Trinajstić information content (AvgIpc) is 2.57. The molecule has 1 aromatic carbocycles. The molecule has 0 aromatic heterocycles. The van der Waals surface area contributed by atoms with Crippen LogP contribution in [0.4, 0.5) is 0 Å². The molecule has 132 valence electrons. The number of aliphatic hydroxyl groups is 1. The molecular weight excluding hydrogens is 290 g/mol. The van der Waals surface area contributed by atoms with Gasteiger partial charge in [-0.05, 0) is 30.5 Å². The summed E-state index contributed by atoms with van der Waals surface area (Å²) >= 11 is 0. The number of rotatable bonds is 13. The summed E-state index contributed by atoms with van der Waals surface area (Å²) in [4.78, 5) is 1.49. The lowest BCUT2D eigenvalue weighted by molar-refractivity contribution is -0.903. The van der Waals surface area contributed by atoms with E-state index in [4.69, 9.17) is 9.47 Å². The minimum absolute atomic E-state index is 0.388. The van der Waals surface area contributed by atoms with Gasteiger partial charge in [0.05, 0.1) is 33.4 Å². The molecule has 0 saturated carbocycles. The van der Waals surface area contributed by atoms with E-state index < -0.39 is 6.10 Å². The summed E-state index contributed by atoms with van der Waals surface area (Å²) in [5, 5.41) is 10.2. The largest absolute Gasteiger partial charge is 0.497 e. The van der Waals surface area contributed by atoms with Gasteiger partial charge in [-0.1, -0.05) is 38.8 Å². The Balaban J connectivity index is 2.31. The quantitative estimate of drug-likeness (QED) is 0.584. The molecule has 0 fully saturated rings. The van der Waals surface area contributed by atoms with E-state index in [2.05, 4.69) is 13.8 Å². The highest BCUT2D eigenvalue weighted by Crippen LogP contribution is 2.13. The molecule has 1 aromatic rings. The second-order valence-corrected chi connectivity index (χ2v) is 6.18. The Kier molecular flexibility index (Phi) is 10.7. The molecule has 0 aliphatic rings. The van der Waals surface area contributed by atoms with Crippen LogP contribution >= 0.6 is 0 Å². The van der Waals surface area contributed by atoms with Gasteiger partial charge in [0, 0.05) is 0 Å². The zero-order valence-electron chi connectivity index (χ0n) is 15.0. The molecule has 0 amide bonds. The molecule has 2 N–H and O–H groups in total. The summed E-state index contributed by atoms with van der Waals surface area (Å²) in [5.41, 5.74) is 1.07. The van der Waals surface area contributed by atoms with E-state index in [9.17, 15) is 5.11 Å². The maximum absolute atomic E-state index is 10.2. The molecule has 0 radical (unpaired) electrons. The third-order valence-corrected chi connectivity index (χ3v) is 4.01. The van der Waals surface area contributed by atoms with E-state index in [1.807, 2.05) is 24.3 Å². The third kappa shape index (κ3) is 8.94. The Morgan fingerprint density at radius 1 is 1.13 bits per heavy atom. The molecule has 4 nitrogen and oxygen atoms in total. The van der Waals surface area contributed by atoms with E-state index in [1.165, 1.54) is 30.6 Å². The van der Waals surface area contributed by atoms with Gasteiger partial charge in [0.15, 0.2) is 0 Å². The van der Waals surface area contributed by atoms with Gasteiger partial charge in [0.1, 0.15) is 18.4 Å². The topological polar surface area (TPSA) is 43.1 Å². The van der Waals surface area contributed by atoms with E-state index in [0.717, 1.165) is 30.9 Å². The Bertz CT molecular complexity index is 403. The van der Waals surface area contributed by atoms with Gasteiger partial charge in [0.2, 0.25) is 0 Å². The van der Waals surface area contributed by atoms with Crippen LogP contribution in [0.15, 0.2) is 24.3 Å². The van der Waals surface area contributed by atoms with Crippen LogP contribution in [0.2, 0.25) is 0 Å². The van der Waals surface area contributed by atoms with Crippen LogP contribution in [-0.2, 0) is 11.3 Å². The molecule has 0 heterocycles. The molecule has 0 bridgehead atoms. The second-order valence-electron chi connectivity index (χ2n) is 6.18. The Morgan fingerprint density at radius 3 is 2.43 bits per heavy atom. The lowest BCUT2D eigenvalue weighted by atomic mass is 10.2. The number of hydrogen-bond donors (Lipinski definition) is 2. The van der Waals surface area contributed by atoms with Crippen molar-refractivity contribution in [3.05, 3.63) is 29.8 Å². The highest BCUT2D eigenvalue weighted by Gasteiger charge is 2.14. The highest BCUT2D eigenvalue weighted by atomic mass is 16.5. The molecule has 0 saturated heterocycles. The first kappa shape index (κ1) is 19.9. The number of hydrogen-bond acceptors (Lipinski definition) is 3. The minimum atomic E-state index is -0.399. The van der Waals surface area contributed by atoms with E-state index in [-0.39, 0.29) is 0 Å². The third-order valence-electron chi connectivity index (χ3n) is 4.01. The number of quaternary nitrogens is 1. The van der Waals surface area contributed by atoms with Crippen LogP contribution in [0, 0.1) is 0 Å². The molecule has 0 aliphatic carbocycles. The standard InChI is InChI=1S/C19H33NO3/c1-4-6-11-20(12-7-5-2)14-18(21)16-23-15-17-9-8-10-19(13-17)22-3/h8-10,13,18,21H,4-7,11-12,14-16H2,1-3H3/p+1/t18-/m1/s1. The zero-order valence-corrected chi connectivity index (χ0v) is 15.0. The first-order valence-electron chi connectivity index (χ1n) is 8.91. The SMILES string of the molecule is CCCC[NH+](CCCC)C[C@@H](O)COCc1cccc(OC)c1. The maximum Gasteiger partial charge on any atom is 0.126 e. The molecule has 23 heavy (non-hydrogen) atoms. The fourth-order valence-electron chi connectivity index (χ4n) is 2.65. The highest BCUT2D eigenvalue weighted by molar-refractivity contribution is 5.27. The predicted molar refractivity (Wildman–Crippen MR) is 94.0 cm³/mol. The summed E-state index contributed by atoms with van der Waals surface area (Å²) in [5.74, 6) is 0.835. The van der Waals surface area contributed by atoms with Crippen molar-refractivity contribution >= 4 is 0 Å². The lowest BCUT2D eigenvalue weighted by Gasteiger charge is -2.22. The van der Waals surface area contributed by atoms with Gasteiger partial charge in [0.25, 0.3) is 0 Å². The number of unbranched alkanes of at least 4 members (excludes halogenated alkanes) is 2. The predicted octanol–water partition coefficient (Wildman–Crippen LogP) is 2.06. The Hall–Kier alpha value is -1.10. The van der Waals surface area contributed by atoms with Gasteiger partial charge >= 0.3 is 0 Å². The van der Waals surface area contributed by atoms with Crippen LogP contribution in [0.3, 0.4) is 0 Å². The summed E-state index contributed by atoms with van der Waals surface area (Å²) < 4.78 is 10.9. The monoisotopic (exact) mass is 324 g/mol. The van der Waals surface area contributed by atoms with Crippen molar-refractivity contribution < 1.29 is 19.5 Å². The van der Waals surface area contributed by atoms with E-state index in [0.29, 0.717) is 13.2 Å². The molecule has 4 heteroatoms. The summed E-state index contributed by atoms with van der Waals surface area (Å²) in [7, 11) is 1.66. The van der Waals surface area contributed by atoms with Crippen LogP contribution in [0.5, 0.6) is 5.75 Å². The van der Waals surface area contributed by atoms with Crippen molar-refractivity contribution in [2.75, 3.05) is 33.4 Å². The van der Waals surface area contributed by atoms with Crippen molar-refractivity contribution in [1.29, 1.82) is 0 Å². The molecule has 1 atom stereocenters. The summed E-state index contributed by atoms with van der Waals surface area (Å²) in [6.07, 6.45) is 4.45. The van der Waals surface area contributed by atoms with Crippen LogP contribution in [0.1, 0.15) is 45.1 Å². The maximum atomic E-state index is 10.2. The second kappa shape index (κ2) is 12.3. The number of ether oxygens (including phenoxy) is 2. The lowest BCUT2D eigenvalue weighted by Crippen LogP contribution is -3.13. The van der Waals surface area contributed by atoms with E-state index in [1.54, 1.807) is 7.11 Å². The molecule has 0 aliphatic heterocycles. The van der Waals surface area contributed by atoms with Gasteiger partial charge in [-0.3, -0.25) is 0 Å². The Labute approximate surface area is 141 Å². The molecule has 0 unspecified atom stereocenters. The fourth-order valence-corrected chi connectivity index (χ4v) is 2.65. The minimum Gasteiger partial charge on any atom is -0.497 e. The van der Waals surface area contributed by atoms with Crippen molar-refractivity contribution in [2.24, 2.45) is 0 Å². The van der Waals surface area contributed by atoms with Crippen LogP contribution in [0.25, 0.3) is 0 Å². The van der Waals surface area contributed by atoms with Crippen LogP contribution < -0.4 is 9.64 Å². The van der Waals surface area contributed by atoms with Gasteiger partial charge < -0.3 is 19.5 Å². The van der Waals surface area contributed by atoms with Crippen molar-refractivity contribution in [3.8, 4) is 5.75 Å². The number of methoxy groups -OCH3 is 1. The Morgan fingerprint density at radius 2 is 1.83 bits per heavy atom.